The molecule has 0 spiro atoms. The zero-order valence-electron chi connectivity index (χ0n) is 14.0. The standard InChI is InChI=1S/C19H20N2O4/c1-2-21(12-14-8-9-16-17(10-14)25-13-24-16)18(22)11-20-19(23)15-6-4-3-5-7-15/h3-10H,2,11-13H2,1H3,(H,20,23). The fourth-order valence-electron chi connectivity index (χ4n) is 2.60. The van der Waals surface area contributed by atoms with Gasteiger partial charge in [0.15, 0.2) is 11.5 Å². The minimum atomic E-state index is -0.256. The summed E-state index contributed by atoms with van der Waals surface area (Å²) in [6, 6.07) is 14.5. The smallest absolute Gasteiger partial charge is 0.251 e. The third-order valence-corrected chi connectivity index (χ3v) is 3.98. The van der Waals surface area contributed by atoms with Crippen molar-refractivity contribution in [2.75, 3.05) is 19.9 Å². The first-order chi connectivity index (χ1) is 12.2. The number of fused-ring (bicyclic) bond motifs is 1. The number of benzene rings is 2. The maximum atomic E-state index is 12.4. The van der Waals surface area contributed by atoms with Crippen LogP contribution in [0.25, 0.3) is 0 Å². The normalized spacial score (nSPS) is 11.9. The predicted octanol–water partition coefficient (Wildman–Crippen LogP) is 2.19. The molecule has 0 unspecified atom stereocenters. The van der Waals surface area contributed by atoms with Crippen molar-refractivity contribution in [3.8, 4) is 11.5 Å². The van der Waals surface area contributed by atoms with E-state index >= 15 is 0 Å². The molecule has 0 aromatic heterocycles. The van der Waals surface area contributed by atoms with E-state index in [0.29, 0.717) is 30.2 Å². The van der Waals surface area contributed by atoms with Crippen LogP contribution in [0.1, 0.15) is 22.8 Å². The Balaban J connectivity index is 1.57. The predicted molar refractivity (Wildman–Crippen MR) is 92.4 cm³/mol. The number of ether oxygens (including phenoxy) is 2. The molecule has 6 nitrogen and oxygen atoms in total. The van der Waals surface area contributed by atoms with E-state index < -0.39 is 0 Å². The maximum absolute atomic E-state index is 12.4. The lowest BCUT2D eigenvalue weighted by Crippen LogP contribution is -2.39. The number of rotatable bonds is 6. The lowest BCUT2D eigenvalue weighted by molar-refractivity contribution is -0.130. The molecule has 2 aromatic carbocycles. The molecule has 0 bridgehead atoms. The maximum Gasteiger partial charge on any atom is 0.251 e. The van der Waals surface area contributed by atoms with Crippen molar-refractivity contribution >= 4 is 11.8 Å². The molecule has 2 aromatic rings. The van der Waals surface area contributed by atoms with E-state index in [2.05, 4.69) is 5.32 Å². The Bertz CT molecular complexity index is 761. The molecule has 3 rings (SSSR count). The number of likely N-dealkylation sites (N-methyl/N-ethyl adjacent to an activating group) is 1. The van der Waals surface area contributed by atoms with Crippen molar-refractivity contribution in [2.24, 2.45) is 0 Å². The molecule has 1 aliphatic heterocycles. The van der Waals surface area contributed by atoms with Crippen LogP contribution in [0.15, 0.2) is 48.5 Å². The van der Waals surface area contributed by atoms with Gasteiger partial charge >= 0.3 is 0 Å². The molecule has 0 saturated carbocycles. The van der Waals surface area contributed by atoms with Crippen molar-refractivity contribution in [3.63, 3.8) is 0 Å². The lowest BCUT2D eigenvalue weighted by Gasteiger charge is -2.21. The minimum Gasteiger partial charge on any atom is -0.454 e. The third-order valence-electron chi connectivity index (χ3n) is 3.98. The van der Waals surface area contributed by atoms with Crippen LogP contribution in [0.3, 0.4) is 0 Å². The van der Waals surface area contributed by atoms with Crippen molar-refractivity contribution in [1.82, 2.24) is 10.2 Å². The van der Waals surface area contributed by atoms with Crippen LogP contribution >= 0.6 is 0 Å². The molecule has 130 valence electrons. The molecule has 25 heavy (non-hydrogen) atoms. The molecular formula is C19H20N2O4. The van der Waals surface area contributed by atoms with E-state index in [0.717, 1.165) is 5.56 Å². The fourth-order valence-corrected chi connectivity index (χ4v) is 2.60. The first-order valence-electron chi connectivity index (χ1n) is 8.17. The summed E-state index contributed by atoms with van der Waals surface area (Å²) in [4.78, 5) is 26.1. The van der Waals surface area contributed by atoms with Gasteiger partial charge in [-0.2, -0.15) is 0 Å². The molecule has 6 heteroatoms. The highest BCUT2D eigenvalue weighted by Crippen LogP contribution is 2.32. The van der Waals surface area contributed by atoms with Crippen molar-refractivity contribution < 1.29 is 19.1 Å². The quantitative estimate of drug-likeness (QED) is 0.875. The van der Waals surface area contributed by atoms with Crippen LogP contribution in [-0.4, -0.2) is 36.6 Å². The Morgan fingerprint density at radius 2 is 1.84 bits per heavy atom. The highest BCUT2D eigenvalue weighted by molar-refractivity contribution is 5.96. The summed E-state index contributed by atoms with van der Waals surface area (Å²) in [6.45, 7) is 3.10. The van der Waals surface area contributed by atoms with Gasteiger partial charge in [-0.25, -0.2) is 0 Å². The molecule has 0 radical (unpaired) electrons. The van der Waals surface area contributed by atoms with E-state index in [1.165, 1.54) is 0 Å². The van der Waals surface area contributed by atoms with Crippen LogP contribution in [0.2, 0.25) is 0 Å². The minimum absolute atomic E-state index is 0.0356. The summed E-state index contributed by atoms with van der Waals surface area (Å²) >= 11 is 0. The number of amides is 2. The highest BCUT2D eigenvalue weighted by atomic mass is 16.7. The Morgan fingerprint density at radius 3 is 2.60 bits per heavy atom. The Kier molecular flexibility index (Phi) is 5.18. The summed E-state index contributed by atoms with van der Waals surface area (Å²) in [7, 11) is 0. The summed E-state index contributed by atoms with van der Waals surface area (Å²) in [5, 5.41) is 2.67. The van der Waals surface area contributed by atoms with E-state index in [1.807, 2.05) is 31.2 Å². The third kappa shape index (κ3) is 4.09. The lowest BCUT2D eigenvalue weighted by atomic mass is 10.2. The van der Waals surface area contributed by atoms with Crippen LogP contribution < -0.4 is 14.8 Å². The van der Waals surface area contributed by atoms with E-state index in [4.69, 9.17) is 9.47 Å². The van der Waals surface area contributed by atoms with Gasteiger partial charge in [-0.1, -0.05) is 24.3 Å². The van der Waals surface area contributed by atoms with Crippen LogP contribution in [0, 0.1) is 0 Å². The summed E-state index contributed by atoms with van der Waals surface area (Å²) in [5.74, 6) is 1.02. The number of carbonyl (C=O) groups is 2. The molecule has 1 heterocycles. The Hall–Kier alpha value is -3.02. The molecule has 1 aliphatic rings. The molecule has 1 N–H and O–H groups in total. The average Bonchev–Trinajstić information content (AvgIpc) is 3.12. The van der Waals surface area contributed by atoms with Gasteiger partial charge in [-0.3, -0.25) is 9.59 Å². The second-order valence-corrected chi connectivity index (χ2v) is 5.64. The van der Waals surface area contributed by atoms with Gasteiger partial charge in [0.05, 0.1) is 6.54 Å². The Labute approximate surface area is 146 Å². The molecule has 0 fully saturated rings. The molecule has 0 saturated heterocycles. The number of carbonyl (C=O) groups excluding carboxylic acids is 2. The molecular weight excluding hydrogens is 320 g/mol. The van der Waals surface area contributed by atoms with E-state index in [9.17, 15) is 9.59 Å². The summed E-state index contributed by atoms with van der Waals surface area (Å²) in [6.07, 6.45) is 0. The average molecular weight is 340 g/mol. The van der Waals surface area contributed by atoms with Crippen molar-refractivity contribution in [1.29, 1.82) is 0 Å². The van der Waals surface area contributed by atoms with Gasteiger partial charge in [0.1, 0.15) is 0 Å². The van der Waals surface area contributed by atoms with Crippen molar-refractivity contribution in [3.05, 3.63) is 59.7 Å². The zero-order valence-corrected chi connectivity index (χ0v) is 14.0. The second-order valence-electron chi connectivity index (χ2n) is 5.64. The first kappa shape index (κ1) is 16.8. The number of hydrogen-bond acceptors (Lipinski definition) is 4. The largest absolute Gasteiger partial charge is 0.454 e. The topological polar surface area (TPSA) is 67.9 Å². The highest BCUT2D eigenvalue weighted by Gasteiger charge is 2.17. The van der Waals surface area contributed by atoms with Gasteiger partial charge in [-0.15, -0.1) is 0 Å². The number of nitrogens with zero attached hydrogens (tertiary/aromatic N) is 1. The fraction of sp³-hybridized carbons (Fsp3) is 0.263. The van der Waals surface area contributed by atoms with Gasteiger partial charge in [0.25, 0.3) is 5.91 Å². The van der Waals surface area contributed by atoms with Gasteiger partial charge in [0.2, 0.25) is 12.7 Å². The van der Waals surface area contributed by atoms with Gasteiger partial charge < -0.3 is 19.7 Å². The SMILES string of the molecule is CCN(Cc1ccc2c(c1)OCO2)C(=O)CNC(=O)c1ccccc1. The number of hydrogen-bond donors (Lipinski definition) is 1. The van der Waals surface area contributed by atoms with Crippen LogP contribution in [-0.2, 0) is 11.3 Å². The van der Waals surface area contributed by atoms with Crippen LogP contribution in [0.5, 0.6) is 11.5 Å². The summed E-state index contributed by atoms with van der Waals surface area (Å²) in [5.41, 5.74) is 1.49. The van der Waals surface area contributed by atoms with Crippen molar-refractivity contribution in [2.45, 2.75) is 13.5 Å². The van der Waals surface area contributed by atoms with Crippen LogP contribution in [0.4, 0.5) is 0 Å². The monoisotopic (exact) mass is 340 g/mol. The molecule has 0 aliphatic carbocycles. The van der Waals surface area contributed by atoms with Gasteiger partial charge in [0, 0.05) is 18.7 Å². The van der Waals surface area contributed by atoms with E-state index in [1.54, 1.807) is 29.2 Å². The van der Waals surface area contributed by atoms with E-state index in [-0.39, 0.29) is 25.2 Å². The Morgan fingerprint density at radius 1 is 1.08 bits per heavy atom. The number of nitrogens with one attached hydrogen (secondary N) is 1. The molecule has 2 amide bonds. The zero-order chi connectivity index (χ0) is 17.6. The van der Waals surface area contributed by atoms with Gasteiger partial charge in [-0.05, 0) is 36.8 Å². The first-order valence-corrected chi connectivity index (χ1v) is 8.17. The molecule has 0 atom stereocenters. The second kappa shape index (κ2) is 7.70. The summed E-state index contributed by atoms with van der Waals surface area (Å²) < 4.78 is 10.6.